The quantitative estimate of drug-likeness (QED) is 0.632. The van der Waals surface area contributed by atoms with Crippen LogP contribution in [-0.2, 0) is 15.0 Å². The van der Waals surface area contributed by atoms with Crippen molar-refractivity contribution < 1.29 is 14.3 Å². The van der Waals surface area contributed by atoms with E-state index in [4.69, 9.17) is 4.74 Å². The van der Waals surface area contributed by atoms with Crippen LogP contribution in [0.4, 0.5) is 11.4 Å². The molecule has 2 aromatic carbocycles. The van der Waals surface area contributed by atoms with Crippen LogP contribution in [0.2, 0.25) is 0 Å². The van der Waals surface area contributed by atoms with Gasteiger partial charge < -0.3 is 15.4 Å². The maximum Gasteiger partial charge on any atom is 0.262 e. The number of ether oxygens (including phenoxy) is 1. The number of hydrogen-bond acceptors (Lipinski definition) is 3. The molecule has 2 amide bonds. The molecule has 0 aromatic heterocycles. The highest BCUT2D eigenvalue weighted by Gasteiger charge is 2.17. The van der Waals surface area contributed by atoms with Crippen molar-refractivity contribution in [3.63, 3.8) is 0 Å². The van der Waals surface area contributed by atoms with Crippen molar-refractivity contribution in [1.82, 2.24) is 0 Å². The molecule has 0 aliphatic heterocycles. The number of carbonyl (C=O) groups excluding carboxylic acids is 2. The van der Waals surface area contributed by atoms with Gasteiger partial charge in [0.25, 0.3) is 5.91 Å². The highest BCUT2D eigenvalue weighted by Crippen LogP contribution is 2.28. The number of rotatable bonds is 9. The van der Waals surface area contributed by atoms with Gasteiger partial charge in [0.15, 0.2) is 6.61 Å². The molecule has 0 fully saturated rings. The fourth-order valence-electron chi connectivity index (χ4n) is 2.64. The predicted molar refractivity (Wildman–Crippen MR) is 114 cm³/mol. The van der Waals surface area contributed by atoms with Crippen molar-refractivity contribution in [2.45, 2.75) is 52.4 Å². The summed E-state index contributed by atoms with van der Waals surface area (Å²) in [6.45, 7) is 8.47. The van der Waals surface area contributed by atoms with E-state index in [1.807, 2.05) is 31.2 Å². The standard InChI is InChI=1S/C23H30N2O3/c1-5-7-21(26)24-18-10-12-19(13-11-18)25-22(27)16-28-20-14-8-17(9-15-20)23(3,4)6-2/h8-15H,5-7,16H2,1-4H3,(H,24,26)(H,25,27). The SMILES string of the molecule is CCCC(=O)Nc1ccc(NC(=O)COc2ccc(C(C)(C)CC)cc2)cc1. The number of hydrogen-bond donors (Lipinski definition) is 2. The third-order valence-corrected chi connectivity index (χ3v) is 4.82. The lowest BCUT2D eigenvalue weighted by atomic mass is 9.82. The summed E-state index contributed by atoms with van der Waals surface area (Å²) in [6.07, 6.45) is 2.35. The molecule has 0 saturated heterocycles. The average Bonchev–Trinajstić information content (AvgIpc) is 2.68. The Labute approximate surface area is 167 Å². The Bertz CT molecular complexity index is 780. The van der Waals surface area contributed by atoms with Gasteiger partial charge in [0.2, 0.25) is 5.91 Å². The molecule has 0 saturated carbocycles. The van der Waals surface area contributed by atoms with E-state index in [9.17, 15) is 9.59 Å². The minimum absolute atomic E-state index is 0.0129. The van der Waals surface area contributed by atoms with Gasteiger partial charge in [-0.3, -0.25) is 9.59 Å². The summed E-state index contributed by atoms with van der Waals surface area (Å²) >= 11 is 0. The Morgan fingerprint density at radius 3 is 1.89 bits per heavy atom. The van der Waals surface area contributed by atoms with Gasteiger partial charge in [0, 0.05) is 17.8 Å². The molecule has 2 rings (SSSR count). The lowest BCUT2D eigenvalue weighted by Crippen LogP contribution is -2.20. The molecular formula is C23H30N2O3. The monoisotopic (exact) mass is 382 g/mol. The summed E-state index contributed by atoms with van der Waals surface area (Å²) in [7, 11) is 0. The van der Waals surface area contributed by atoms with Crippen LogP contribution in [0, 0.1) is 0 Å². The molecule has 0 unspecified atom stereocenters. The zero-order valence-electron chi connectivity index (χ0n) is 17.2. The van der Waals surface area contributed by atoms with E-state index in [0.717, 1.165) is 12.8 Å². The van der Waals surface area contributed by atoms with Crippen LogP contribution in [0.5, 0.6) is 5.75 Å². The highest BCUT2D eigenvalue weighted by molar-refractivity contribution is 5.93. The van der Waals surface area contributed by atoms with Crippen molar-refractivity contribution in [1.29, 1.82) is 0 Å². The topological polar surface area (TPSA) is 67.4 Å². The molecule has 5 heteroatoms. The Morgan fingerprint density at radius 1 is 0.857 bits per heavy atom. The lowest BCUT2D eigenvalue weighted by Gasteiger charge is -2.23. The molecule has 0 radical (unpaired) electrons. The Kier molecular flexibility index (Phi) is 7.61. The van der Waals surface area contributed by atoms with E-state index in [0.29, 0.717) is 23.5 Å². The van der Waals surface area contributed by atoms with Crippen LogP contribution in [0.1, 0.15) is 52.5 Å². The van der Waals surface area contributed by atoms with E-state index >= 15 is 0 Å². The van der Waals surface area contributed by atoms with Crippen molar-refractivity contribution in [2.24, 2.45) is 0 Å². The van der Waals surface area contributed by atoms with Crippen LogP contribution in [0.25, 0.3) is 0 Å². The first-order chi connectivity index (χ1) is 13.3. The van der Waals surface area contributed by atoms with Gasteiger partial charge in [-0.1, -0.05) is 39.8 Å². The van der Waals surface area contributed by atoms with Crippen molar-refractivity contribution in [3.8, 4) is 5.75 Å². The van der Waals surface area contributed by atoms with Crippen molar-refractivity contribution in [2.75, 3.05) is 17.2 Å². The average molecular weight is 383 g/mol. The number of nitrogens with one attached hydrogen (secondary N) is 2. The summed E-state index contributed by atoms with van der Waals surface area (Å²) in [5, 5.41) is 5.60. The van der Waals surface area contributed by atoms with Gasteiger partial charge in [-0.25, -0.2) is 0 Å². The summed E-state index contributed by atoms with van der Waals surface area (Å²) < 4.78 is 5.58. The summed E-state index contributed by atoms with van der Waals surface area (Å²) in [5.74, 6) is 0.418. The second-order valence-corrected chi connectivity index (χ2v) is 7.47. The molecule has 0 heterocycles. The number of benzene rings is 2. The van der Waals surface area contributed by atoms with Gasteiger partial charge in [-0.15, -0.1) is 0 Å². The van der Waals surface area contributed by atoms with Crippen molar-refractivity contribution >= 4 is 23.2 Å². The Hall–Kier alpha value is -2.82. The molecule has 0 aliphatic rings. The van der Waals surface area contributed by atoms with E-state index < -0.39 is 0 Å². The van der Waals surface area contributed by atoms with Gasteiger partial charge >= 0.3 is 0 Å². The molecule has 0 bridgehead atoms. The fourth-order valence-corrected chi connectivity index (χ4v) is 2.64. The highest BCUT2D eigenvalue weighted by atomic mass is 16.5. The maximum absolute atomic E-state index is 12.1. The first-order valence-electron chi connectivity index (χ1n) is 9.77. The minimum Gasteiger partial charge on any atom is -0.484 e. The van der Waals surface area contributed by atoms with E-state index in [-0.39, 0.29) is 23.8 Å². The van der Waals surface area contributed by atoms with Crippen molar-refractivity contribution in [3.05, 3.63) is 54.1 Å². The van der Waals surface area contributed by atoms with Gasteiger partial charge in [-0.05, 0) is 60.2 Å². The zero-order valence-corrected chi connectivity index (χ0v) is 17.2. The number of anilines is 2. The number of carbonyl (C=O) groups is 2. The normalized spacial score (nSPS) is 11.0. The van der Waals surface area contributed by atoms with Crippen LogP contribution in [-0.4, -0.2) is 18.4 Å². The van der Waals surface area contributed by atoms with Crippen LogP contribution in [0.3, 0.4) is 0 Å². The maximum atomic E-state index is 12.1. The summed E-state index contributed by atoms with van der Waals surface area (Å²) in [5.41, 5.74) is 2.74. The van der Waals surface area contributed by atoms with Crippen LogP contribution < -0.4 is 15.4 Å². The summed E-state index contributed by atoms with van der Waals surface area (Å²) in [4.78, 5) is 23.7. The Morgan fingerprint density at radius 2 is 1.39 bits per heavy atom. The molecule has 2 N–H and O–H groups in total. The van der Waals surface area contributed by atoms with Crippen LogP contribution >= 0.6 is 0 Å². The second kappa shape index (κ2) is 9.93. The first-order valence-corrected chi connectivity index (χ1v) is 9.77. The van der Waals surface area contributed by atoms with Crippen LogP contribution in [0.15, 0.2) is 48.5 Å². The third kappa shape index (κ3) is 6.41. The largest absolute Gasteiger partial charge is 0.484 e. The zero-order chi connectivity index (χ0) is 20.6. The molecule has 0 aliphatic carbocycles. The van der Waals surface area contributed by atoms with E-state index in [1.54, 1.807) is 24.3 Å². The molecular weight excluding hydrogens is 352 g/mol. The molecule has 2 aromatic rings. The van der Waals surface area contributed by atoms with E-state index in [1.165, 1.54) is 5.56 Å². The van der Waals surface area contributed by atoms with E-state index in [2.05, 4.69) is 31.4 Å². The molecule has 150 valence electrons. The third-order valence-electron chi connectivity index (χ3n) is 4.82. The summed E-state index contributed by atoms with van der Waals surface area (Å²) in [6, 6.07) is 14.9. The van der Waals surface area contributed by atoms with Gasteiger partial charge in [0.1, 0.15) is 5.75 Å². The molecule has 0 atom stereocenters. The van der Waals surface area contributed by atoms with Gasteiger partial charge in [-0.2, -0.15) is 0 Å². The second-order valence-electron chi connectivity index (χ2n) is 7.47. The van der Waals surface area contributed by atoms with Gasteiger partial charge in [0.05, 0.1) is 0 Å². The fraction of sp³-hybridized carbons (Fsp3) is 0.391. The predicted octanol–water partition coefficient (Wildman–Crippen LogP) is 5.13. The minimum atomic E-state index is -0.235. The smallest absolute Gasteiger partial charge is 0.262 e. The lowest BCUT2D eigenvalue weighted by molar-refractivity contribution is -0.118. The molecule has 5 nitrogen and oxygen atoms in total. The molecule has 0 spiro atoms. The number of amides is 2. The Balaban J connectivity index is 1.83. The first kappa shape index (κ1) is 21.5. The molecule has 28 heavy (non-hydrogen) atoms.